The van der Waals surface area contributed by atoms with E-state index in [0.717, 1.165) is 23.0 Å². The molecule has 1 saturated carbocycles. The third-order valence-electron chi connectivity index (χ3n) is 3.51. The van der Waals surface area contributed by atoms with Crippen LogP contribution in [0.1, 0.15) is 38.5 Å². The predicted octanol–water partition coefficient (Wildman–Crippen LogP) is 3.70. The van der Waals surface area contributed by atoms with Crippen molar-refractivity contribution in [3.8, 4) is 0 Å². The van der Waals surface area contributed by atoms with Crippen molar-refractivity contribution in [3.63, 3.8) is 0 Å². The molecule has 19 heavy (non-hydrogen) atoms. The summed E-state index contributed by atoms with van der Waals surface area (Å²) in [4.78, 5) is 11.8. The van der Waals surface area contributed by atoms with Gasteiger partial charge in [-0.15, -0.1) is 0 Å². The number of benzene rings is 1. The molecule has 1 aromatic rings. The molecular formula is C15H21BrN2O. The Labute approximate surface area is 123 Å². The van der Waals surface area contributed by atoms with E-state index in [4.69, 9.17) is 0 Å². The van der Waals surface area contributed by atoms with Crippen LogP contribution in [0, 0.1) is 0 Å². The smallest absolute Gasteiger partial charge is 0.221 e. The highest BCUT2D eigenvalue weighted by Gasteiger charge is 2.15. The van der Waals surface area contributed by atoms with Crippen LogP contribution in [0.3, 0.4) is 0 Å². The van der Waals surface area contributed by atoms with Gasteiger partial charge in [-0.25, -0.2) is 0 Å². The molecule has 0 aromatic heterocycles. The molecule has 1 aromatic carbocycles. The normalized spacial score (nSPS) is 16.1. The minimum absolute atomic E-state index is 0.159. The van der Waals surface area contributed by atoms with Gasteiger partial charge in [0.1, 0.15) is 0 Å². The van der Waals surface area contributed by atoms with Gasteiger partial charge in [0.05, 0.1) is 0 Å². The van der Waals surface area contributed by atoms with E-state index < -0.39 is 0 Å². The van der Waals surface area contributed by atoms with Crippen LogP contribution >= 0.6 is 15.9 Å². The number of hydrogen-bond acceptors (Lipinski definition) is 2. The molecule has 2 rings (SSSR count). The summed E-state index contributed by atoms with van der Waals surface area (Å²) in [6.45, 7) is 0.668. The third-order valence-corrected chi connectivity index (χ3v) is 4.20. The lowest BCUT2D eigenvalue weighted by atomic mass is 9.95. The van der Waals surface area contributed by atoms with E-state index in [2.05, 4.69) is 26.6 Å². The van der Waals surface area contributed by atoms with Gasteiger partial charge in [0.2, 0.25) is 5.91 Å². The van der Waals surface area contributed by atoms with Gasteiger partial charge < -0.3 is 10.6 Å². The summed E-state index contributed by atoms with van der Waals surface area (Å²) < 4.78 is 1.03. The van der Waals surface area contributed by atoms with E-state index in [1.807, 2.05) is 24.3 Å². The quantitative estimate of drug-likeness (QED) is 0.867. The Morgan fingerprint density at radius 3 is 2.68 bits per heavy atom. The van der Waals surface area contributed by atoms with Crippen LogP contribution in [0.2, 0.25) is 0 Å². The molecule has 0 unspecified atom stereocenters. The lowest BCUT2D eigenvalue weighted by Gasteiger charge is -2.22. The van der Waals surface area contributed by atoms with E-state index in [-0.39, 0.29) is 5.91 Å². The fraction of sp³-hybridized carbons (Fsp3) is 0.533. The van der Waals surface area contributed by atoms with Gasteiger partial charge in [-0.05, 0) is 40.9 Å². The Bertz CT molecular complexity index is 416. The van der Waals surface area contributed by atoms with E-state index >= 15 is 0 Å². The van der Waals surface area contributed by atoms with Crippen LogP contribution in [-0.4, -0.2) is 18.5 Å². The number of halogens is 1. The monoisotopic (exact) mass is 324 g/mol. The first kappa shape index (κ1) is 14.4. The maximum atomic E-state index is 11.8. The summed E-state index contributed by atoms with van der Waals surface area (Å²) >= 11 is 3.48. The maximum absolute atomic E-state index is 11.8. The van der Waals surface area contributed by atoms with Crippen LogP contribution in [-0.2, 0) is 4.79 Å². The van der Waals surface area contributed by atoms with Gasteiger partial charge in [0, 0.05) is 29.2 Å². The van der Waals surface area contributed by atoms with Crippen molar-refractivity contribution in [2.45, 2.75) is 44.6 Å². The second-order valence-corrected chi connectivity index (χ2v) is 5.91. The number of nitrogens with one attached hydrogen (secondary N) is 2. The molecule has 0 spiro atoms. The van der Waals surface area contributed by atoms with Crippen LogP contribution in [0.15, 0.2) is 28.7 Å². The van der Waals surface area contributed by atoms with Crippen molar-refractivity contribution in [2.24, 2.45) is 0 Å². The molecule has 0 bridgehead atoms. The van der Waals surface area contributed by atoms with Crippen LogP contribution in [0.5, 0.6) is 0 Å². The maximum Gasteiger partial charge on any atom is 0.221 e. The number of rotatable bonds is 5. The first-order valence-corrected chi connectivity index (χ1v) is 7.83. The number of para-hydroxylation sites is 1. The first-order chi connectivity index (χ1) is 9.25. The standard InChI is InChI=1S/C15H21BrN2O/c16-13-8-4-5-9-14(13)17-11-10-15(19)18-12-6-2-1-3-7-12/h4-5,8-9,12,17H,1-3,6-7,10-11H2,(H,18,19). The summed E-state index contributed by atoms with van der Waals surface area (Å²) in [6.07, 6.45) is 6.63. The number of carbonyl (C=O) groups excluding carboxylic acids is 1. The molecule has 1 fully saturated rings. The fourth-order valence-electron chi connectivity index (χ4n) is 2.46. The highest BCUT2D eigenvalue weighted by atomic mass is 79.9. The molecule has 0 aliphatic heterocycles. The van der Waals surface area contributed by atoms with Crippen LogP contribution in [0.4, 0.5) is 5.69 Å². The van der Waals surface area contributed by atoms with Gasteiger partial charge in [0.15, 0.2) is 0 Å². The summed E-state index contributed by atoms with van der Waals surface area (Å²) in [7, 11) is 0. The summed E-state index contributed by atoms with van der Waals surface area (Å²) in [5, 5.41) is 6.40. The van der Waals surface area contributed by atoms with Gasteiger partial charge in [0.25, 0.3) is 0 Å². The summed E-state index contributed by atoms with van der Waals surface area (Å²) in [5.41, 5.74) is 1.04. The first-order valence-electron chi connectivity index (χ1n) is 7.03. The van der Waals surface area contributed by atoms with Crippen molar-refractivity contribution in [1.29, 1.82) is 0 Å². The van der Waals surface area contributed by atoms with Crippen molar-refractivity contribution >= 4 is 27.5 Å². The second-order valence-electron chi connectivity index (χ2n) is 5.06. The Balaban J connectivity index is 1.67. The molecule has 0 saturated heterocycles. The summed E-state index contributed by atoms with van der Waals surface area (Å²) in [6, 6.07) is 8.36. The zero-order valence-electron chi connectivity index (χ0n) is 11.1. The van der Waals surface area contributed by atoms with E-state index in [1.165, 1.54) is 19.3 Å². The summed E-state index contributed by atoms with van der Waals surface area (Å²) in [5.74, 6) is 0.159. The Kier molecular flexibility index (Phi) is 5.70. The molecule has 4 heteroatoms. The average molecular weight is 325 g/mol. The predicted molar refractivity (Wildman–Crippen MR) is 82.3 cm³/mol. The van der Waals surface area contributed by atoms with E-state index in [0.29, 0.717) is 19.0 Å². The van der Waals surface area contributed by atoms with Crippen molar-refractivity contribution in [2.75, 3.05) is 11.9 Å². The molecule has 1 amide bonds. The van der Waals surface area contributed by atoms with Gasteiger partial charge in [-0.1, -0.05) is 31.4 Å². The molecular weight excluding hydrogens is 304 g/mol. The highest BCUT2D eigenvalue weighted by Crippen LogP contribution is 2.21. The van der Waals surface area contributed by atoms with Gasteiger partial charge in [-0.2, -0.15) is 0 Å². The third kappa shape index (κ3) is 4.86. The second kappa shape index (κ2) is 7.53. The molecule has 104 valence electrons. The zero-order valence-corrected chi connectivity index (χ0v) is 12.7. The largest absolute Gasteiger partial charge is 0.384 e. The molecule has 2 N–H and O–H groups in total. The molecule has 0 atom stereocenters. The van der Waals surface area contributed by atoms with Gasteiger partial charge in [-0.3, -0.25) is 4.79 Å². The molecule has 3 nitrogen and oxygen atoms in total. The van der Waals surface area contributed by atoms with E-state index in [1.54, 1.807) is 0 Å². The Morgan fingerprint density at radius 2 is 1.95 bits per heavy atom. The average Bonchev–Trinajstić information content (AvgIpc) is 2.42. The lowest BCUT2D eigenvalue weighted by molar-refractivity contribution is -0.121. The number of hydrogen-bond donors (Lipinski definition) is 2. The highest BCUT2D eigenvalue weighted by molar-refractivity contribution is 9.10. The number of anilines is 1. The van der Waals surface area contributed by atoms with Crippen molar-refractivity contribution in [1.82, 2.24) is 5.32 Å². The lowest BCUT2D eigenvalue weighted by Crippen LogP contribution is -2.36. The number of amides is 1. The van der Waals surface area contributed by atoms with Crippen LogP contribution < -0.4 is 10.6 Å². The zero-order chi connectivity index (χ0) is 13.5. The van der Waals surface area contributed by atoms with E-state index in [9.17, 15) is 4.79 Å². The number of carbonyl (C=O) groups is 1. The molecule has 1 aliphatic carbocycles. The van der Waals surface area contributed by atoms with Gasteiger partial charge >= 0.3 is 0 Å². The Hall–Kier alpha value is -1.03. The minimum Gasteiger partial charge on any atom is -0.384 e. The van der Waals surface area contributed by atoms with Crippen molar-refractivity contribution in [3.05, 3.63) is 28.7 Å². The minimum atomic E-state index is 0.159. The van der Waals surface area contributed by atoms with Crippen LogP contribution in [0.25, 0.3) is 0 Å². The Morgan fingerprint density at radius 1 is 1.21 bits per heavy atom. The molecule has 0 heterocycles. The molecule has 1 aliphatic rings. The van der Waals surface area contributed by atoms with Crippen molar-refractivity contribution < 1.29 is 4.79 Å². The topological polar surface area (TPSA) is 41.1 Å². The fourth-order valence-corrected chi connectivity index (χ4v) is 2.89. The SMILES string of the molecule is O=C(CCNc1ccccc1Br)NC1CCCCC1. The molecule has 0 radical (unpaired) electrons.